The highest BCUT2D eigenvalue weighted by atomic mass is 35.5. The van der Waals surface area contributed by atoms with E-state index in [0.29, 0.717) is 10.6 Å². The number of fused-ring (bicyclic) bond motifs is 1. The Morgan fingerprint density at radius 3 is 1.96 bits per heavy atom. The first-order valence-electron chi connectivity index (χ1n) is 9.75. The van der Waals surface area contributed by atoms with Gasteiger partial charge >= 0.3 is 0 Å². The summed E-state index contributed by atoms with van der Waals surface area (Å²) < 4.78 is 40.4. The Hall–Kier alpha value is -2.57. The molecule has 0 aliphatic carbocycles. The van der Waals surface area contributed by atoms with E-state index in [1.165, 1.54) is 0 Å². The lowest BCUT2D eigenvalue weighted by Gasteiger charge is -2.12. The van der Waals surface area contributed by atoms with Gasteiger partial charge in [-0.05, 0) is 45.2 Å². The van der Waals surface area contributed by atoms with Crippen LogP contribution in [0.4, 0.5) is 0 Å². The van der Waals surface area contributed by atoms with Crippen molar-refractivity contribution >= 4 is 22.4 Å². The second kappa shape index (κ2) is 5.91. The zero-order chi connectivity index (χ0) is 20.0. The normalized spacial score (nSPS) is 13.9. The topological polar surface area (TPSA) is 0 Å². The van der Waals surface area contributed by atoms with Crippen molar-refractivity contribution in [3.05, 3.63) is 95.9 Å². The van der Waals surface area contributed by atoms with E-state index in [0.717, 1.165) is 21.9 Å². The van der Waals surface area contributed by atoms with Gasteiger partial charge < -0.3 is 0 Å². The van der Waals surface area contributed by atoms with Gasteiger partial charge in [-0.1, -0.05) is 90.3 Å². The van der Waals surface area contributed by atoms with Gasteiger partial charge in [0.25, 0.3) is 0 Å². The van der Waals surface area contributed by atoms with Crippen LogP contribution in [0.1, 0.15) is 6.85 Å². The van der Waals surface area contributed by atoms with Crippen LogP contribution >= 0.6 is 11.6 Å². The van der Waals surface area contributed by atoms with E-state index in [2.05, 4.69) is 0 Å². The van der Waals surface area contributed by atoms with Crippen molar-refractivity contribution < 1.29 is 6.85 Å². The maximum absolute atomic E-state index is 8.30. The molecule has 0 aliphatic heterocycles. The molecular weight excluding hydrogens is 300 g/mol. The van der Waals surface area contributed by atoms with Gasteiger partial charge in [0.15, 0.2) is 0 Å². The minimum Gasteiger partial charge on any atom is -0.0843 e. The Kier molecular flexibility index (Phi) is 2.45. The highest BCUT2D eigenvalue weighted by Crippen LogP contribution is 2.36. The van der Waals surface area contributed by atoms with Crippen LogP contribution in [-0.2, 0) is 0 Å². The van der Waals surface area contributed by atoms with E-state index in [-0.39, 0.29) is 29.7 Å². The summed E-state index contributed by atoms with van der Waals surface area (Å²) in [6.07, 6.45) is 0. The summed E-state index contributed by atoms with van der Waals surface area (Å²) in [7, 11) is 0. The molecule has 110 valence electrons. The van der Waals surface area contributed by atoms with Crippen LogP contribution in [0, 0.1) is 0 Å². The molecule has 0 saturated heterocycles. The third-order valence-electron chi connectivity index (χ3n) is 3.83. The smallest absolute Gasteiger partial charge is 0.0629 e. The van der Waals surface area contributed by atoms with Gasteiger partial charge in [0.1, 0.15) is 0 Å². The first-order valence-corrected chi connectivity index (χ1v) is 7.63. The Bertz CT molecular complexity index is 1200. The maximum Gasteiger partial charge on any atom is 0.0629 e. The largest absolute Gasteiger partial charge is 0.0843 e. The lowest BCUT2D eigenvalue weighted by Crippen LogP contribution is -1.86. The van der Waals surface area contributed by atoms with Gasteiger partial charge in [0.2, 0.25) is 0 Å². The summed E-state index contributed by atoms with van der Waals surface area (Å²) in [4.78, 5) is 0. The molecule has 4 aromatic carbocycles. The monoisotopic (exact) mass is 319 g/mol. The van der Waals surface area contributed by atoms with Crippen molar-refractivity contribution in [3.8, 4) is 22.3 Å². The summed E-state index contributed by atoms with van der Waals surface area (Å²) >= 11 is 6.16. The van der Waals surface area contributed by atoms with Crippen molar-refractivity contribution in [2.45, 2.75) is 0 Å². The molecular formula is C22H15Cl. The van der Waals surface area contributed by atoms with Gasteiger partial charge in [-0.3, -0.25) is 0 Å². The predicted octanol–water partition coefficient (Wildman–Crippen LogP) is 6.83. The Labute approximate surface area is 148 Å². The zero-order valence-corrected chi connectivity index (χ0v) is 12.9. The SMILES string of the molecule is [2H]c1c([2H])c([2H])c(-c2ccc(-c3cccc(Cl)c3)c3ccccc23)c([2H])c1[2H]. The first kappa shape index (κ1) is 9.54. The molecule has 0 radical (unpaired) electrons. The van der Waals surface area contributed by atoms with Gasteiger partial charge in [-0.2, -0.15) is 0 Å². The molecule has 0 bridgehead atoms. The van der Waals surface area contributed by atoms with E-state index < -0.39 is 6.04 Å². The van der Waals surface area contributed by atoms with Crippen LogP contribution < -0.4 is 0 Å². The minimum atomic E-state index is -0.390. The summed E-state index contributed by atoms with van der Waals surface area (Å²) in [5.74, 6) is 0. The van der Waals surface area contributed by atoms with Crippen LogP contribution in [0.15, 0.2) is 90.9 Å². The Balaban J connectivity index is 2.06. The third kappa shape index (κ3) is 2.62. The van der Waals surface area contributed by atoms with E-state index in [1.807, 2.05) is 60.7 Å². The number of hydrogen-bond donors (Lipinski definition) is 0. The molecule has 0 amide bonds. The van der Waals surface area contributed by atoms with E-state index in [9.17, 15) is 0 Å². The highest BCUT2D eigenvalue weighted by molar-refractivity contribution is 6.31. The lowest BCUT2D eigenvalue weighted by molar-refractivity contribution is 1.62. The van der Waals surface area contributed by atoms with Crippen LogP contribution in [0.3, 0.4) is 0 Å². The summed E-state index contributed by atoms with van der Waals surface area (Å²) in [6.45, 7) is 0. The van der Waals surface area contributed by atoms with Crippen molar-refractivity contribution in [2.24, 2.45) is 0 Å². The van der Waals surface area contributed by atoms with Crippen LogP contribution in [-0.4, -0.2) is 0 Å². The molecule has 0 aliphatic rings. The fourth-order valence-corrected chi connectivity index (χ4v) is 3.00. The van der Waals surface area contributed by atoms with Crippen molar-refractivity contribution in [2.75, 3.05) is 0 Å². The fraction of sp³-hybridized carbons (Fsp3) is 0. The van der Waals surface area contributed by atoms with Gasteiger partial charge in [0.05, 0.1) is 6.85 Å². The number of rotatable bonds is 2. The zero-order valence-electron chi connectivity index (χ0n) is 17.2. The van der Waals surface area contributed by atoms with Gasteiger partial charge in [-0.25, -0.2) is 0 Å². The van der Waals surface area contributed by atoms with Crippen molar-refractivity contribution in [1.29, 1.82) is 0 Å². The van der Waals surface area contributed by atoms with E-state index >= 15 is 0 Å². The van der Waals surface area contributed by atoms with Crippen LogP contribution in [0.5, 0.6) is 0 Å². The standard InChI is InChI=1S/C22H15Cl/c23-18-10-6-9-17(15-18)20-14-13-19(16-7-2-1-3-8-16)21-11-4-5-12-22(20)21/h1-15H/i1D,2D,3D,7D,8D. The first-order chi connectivity index (χ1) is 13.4. The molecule has 0 saturated carbocycles. The minimum absolute atomic E-state index is 0.202. The fourth-order valence-electron chi connectivity index (χ4n) is 2.81. The van der Waals surface area contributed by atoms with E-state index in [4.69, 9.17) is 18.5 Å². The molecule has 0 heterocycles. The van der Waals surface area contributed by atoms with Crippen molar-refractivity contribution in [1.82, 2.24) is 0 Å². The Morgan fingerprint density at radius 1 is 0.652 bits per heavy atom. The average molecular weight is 320 g/mol. The quantitative estimate of drug-likeness (QED) is 0.380. The molecule has 1 heteroatoms. The third-order valence-corrected chi connectivity index (χ3v) is 4.06. The number of halogens is 1. The molecule has 0 unspecified atom stereocenters. The van der Waals surface area contributed by atoms with Crippen LogP contribution in [0.25, 0.3) is 33.0 Å². The van der Waals surface area contributed by atoms with Gasteiger partial charge in [-0.15, -0.1) is 0 Å². The molecule has 0 fully saturated rings. The predicted molar refractivity (Wildman–Crippen MR) is 99.8 cm³/mol. The second-order valence-corrected chi connectivity index (χ2v) is 5.65. The van der Waals surface area contributed by atoms with Crippen molar-refractivity contribution in [3.63, 3.8) is 0 Å². The van der Waals surface area contributed by atoms with Crippen LogP contribution in [0.2, 0.25) is 5.02 Å². The van der Waals surface area contributed by atoms with E-state index in [1.54, 1.807) is 0 Å². The molecule has 4 aromatic rings. The average Bonchev–Trinajstić information content (AvgIpc) is 2.71. The molecule has 0 spiro atoms. The molecule has 4 rings (SSSR count). The Morgan fingerprint density at radius 2 is 1.30 bits per heavy atom. The number of hydrogen-bond acceptors (Lipinski definition) is 0. The lowest BCUT2D eigenvalue weighted by atomic mass is 9.92. The maximum atomic E-state index is 8.30. The summed E-state index contributed by atoms with van der Waals surface area (Å²) in [6, 6.07) is 17.5. The second-order valence-electron chi connectivity index (χ2n) is 5.22. The molecule has 0 atom stereocenters. The number of benzene rings is 4. The van der Waals surface area contributed by atoms with Gasteiger partial charge in [0, 0.05) is 5.02 Å². The summed E-state index contributed by atoms with van der Waals surface area (Å²) in [5, 5.41) is 2.38. The molecule has 0 nitrogen and oxygen atoms in total. The highest BCUT2D eigenvalue weighted by Gasteiger charge is 2.09. The molecule has 0 N–H and O–H groups in total. The molecule has 0 aromatic heterocycles. The summed E-state index contributed by atoms with van der Waals surface area (Å²) in [5.41, 5.74) is 2.74. The molecule has 23 heavy (non-hydrogen) atoms.